The first-order chi connectivity index (χ1) is 15.3. The Morgan fingerprint density at radius 1 is 0.387 bits per heavy atom. The lowest BCUT2D eigenvalue weighted by atomic mass is 9.91. The molecule has 6 aromatic rings. The summed E-state index contributed by atoms with van der Waals surface area (Å²) in [4.78, 5) is 0. The number of hydrogen-bond acceptors (Lipinski definition) is 0. The van der Waals surface area contributed by atoms with Gasteiger partial charge >= 0.3 is 0 Å². The Labute approximate surface area is 186 Å². The average molecular weight is 415 g/mol. The van der Waals surface area contributed by atoms with Crippen LogP contribution >= 0.6 is 11.6 Å². The molecule has 0 aliphatic heterocycles. The molecule has 0 atom stereocenters. The van der Waals surface area contributed by atoms with Crippen LogP contribution in [0.1, 0.15) is 0 Å². The number of rotatable bonds is 2. The molecule has 0 saturated carbocycles. The molecule has 0 aliphatic carbocycles. The van der Waals surface area contributed by atoms with Crippen LogP contribution in [0, 0.1) is 0 Å². The molecule has 0 bridgehead atoms. The van der Waals surface area contributed by atoms with Gasteiger partial charge in [-0.3, -0.25) is 0 Å². The molecule has 1 heteroatoms. The summed E-state index contributed by atoms with van der Waals surface area (Å²) in [5.41, 5.74) is 4.92. The van der Waals surface area contributed by atoms with Gasteiger partial charge in [0.2, 0.25) is 0 Å². The molecular weight excluding hydrogens is 396 g/mol. The standard InChI is InChI=1S/C30H19Cl/c31-26-15-14-22-16-21(12-13-23(22)18-26)20-7-5-8-24(17-20)30-19-25-6-1-2-9-27(25)28-10-3-4-11-29(28)30/h1-19H. The van der Waals surface area contributed by atoms with Crippen molar-refractivity contribution >= 4 is 43.9 Å². The quantitative estimate of drug-likeness (QED) is 0.248. The van der Waals surface area contributed by atoms with E-state index >= 15 is 0 Å². The third-order valence-corrected chi connectivity index (χ3v) is 6.31. The van der Waals surface area contributed by atoms with Gasteiger partial charge in [-0.1, -0.05) is 96.5 Å². The van der Waals surface area contributed by atoms with Gasteiger partial charge in [-0.15, -0.1) is 0 Å². The highest BCUT2D eigenvalue weighted by Crippen LogP contribution is 2.36. The molecule has 0 unspecified atom stereocenters. The van der Waals surface area contributed by atoms with Crippen molar-refractivity contribution in [3.8, 4) is 22.3 Å². The molecule has 6 rings (SSSR count). The molecule has 0 amide bonds. The Morgan fingerprint density at radius 2 is 1.06 bits per heavy atom. The van der Waals surface area contributed by atoms with Gasteiger partial charge in [0.25, 0.3) is 0 Å². The predicted molar refractivity (Wildman–Crippen MR) is 135 cm³/mol. The molecule has 0 N–H and O–H groups in total. The van der Waals surface area contributed by atoms with E-state index in [1.54, 1.807) is 0 Å². The van der Waals surface area contributed by atoms with Crippen LogP contribution in [-0.2, 0) is 0 Å². The maximum Gasteiger partial charge on any atom is 0.0412 e. The van der Waals surface area contributed by atoms with E-state index < -0.39 is 0 Å². The van der Waals surface area contributed by atoms with Crippen LogP contribution in [0.4, 0.5) is 0 Å². The number of halogens is 1. The zero-order valence-corrected chi connectivity index (χ0v) is 17.6. The highest BCUT2D eigenvalue weighted by molar-refractivity contribution is 6.31. The number of fused-ring (bicyclic) bond motifs is 4. The normalized spacial score (nSPS) is 11.4. The SMILES string of the molecule is Clc1ccc2cc(-c3cccc(-c4cc5ccccc5c5ccccc45)c3)ccc2c1. The fourth-order valence-corrected chi connectivity index (χ4v) is 4.74. The smallest absolute Gasteiger partial charge is 0.0412 e. The van der Waals surface area contributed by atoms with Crippen LogP contribution in [0.5, 0.6) is 0 Å². The van der Waals surface area contributed by atoms with Crippen molar-refractivity contribution in [2.45, 2.75) is 0 Å². The van der Waals surface area contributed by atoms with Crippen molar-refractivity contribution in [1.29, 1.82) is 0 Å². The van der Waals surface area contributed by atoms with Crippen molar-refractivity contribution in [2.24, 2.45) is 0 Å². The van der Waals surface area contributed by atoms with Gasteiger partial charge < -0.3 is 0 Å². The lowest BCUT2D eigenvalue weighted by molar-refractivity contribution is 1.62. The molecule has 0 saturated heterocycles. The average Bonchev–Trinajstić information content (AvgIpc) is 2.83. The summed E-state index contributed by atoms with van der Waals surface area (Å²) < 4.78 is 0. The molecule has 0 aromatic heterocycles. The van der Waals surface area contributed by atoms with Gasteiger partial charge in [-0.2, -0.15) is 0 Å². The van der Waals surface area contributed by atoms with E-state index in [-0.39, 0.29) is 0 Å². The summed E-state index contributed by atoms with van der Waals surface area (Å²) in [5.74, 6) is 0. The van der Waals surface area contributed by atoms with E-state index in [1.807, 2.05) is 12.1 Å². The maximum atomic E-state index is 6.15. The second kappa shape index (κ2) is 7.27. The minimum Gasteiger partial charge on any atom is -0.0843 e. The highest BCUT2D eigenvalue weighted by atomic mass is 35.5. The third kappa shape index (κ3) is 3.17. The lowest BCUT2D eigenvalue weighted by Crippen LogP contribution is -1.86. The summed E-state index contributed by atoms with van der Waals surface area (Å²) in [6.07, 6.45) is 0. The van der Waals surface area contributed by atoms with E-state index in [0.717, 1.165) is 10.4 Å². The van der Waals surface area contributed by atoms with Crippen LogP contribution in [0.15, 0.2) is 115 Å². The Morgan fingerprint density at radius 3 is 1.97 bits per heavy atom. The van der Waals surface area contributed by atoms with Gasteiger partial charge in [0, 0.05) is 5.02 Å². The summed E-state index contributed by atoms with van der Waals surface area (Å²) in [6, 6.07) is 41.1. The molecule has 0 heterocycles. The molecular formula is C30H19Cl. The van der Waals surface area contributed by atoms with Crippen molar-refractivity contribution < 1.29 is 0 Å². The van der Waals surface area contributed by atoms with Gasteiger partial charge in [0.15, 0.2) is 0 Å². The molecule has 6 aromatic carbocycles. The summed E-state index contributed by atoms with van der Waals surface area (Å²) >= 11 is 6.15. The fraction of sp³-hybridized carbons (Fsp3) is 0. The zero-order valence-electron chi connectivity index (χ0n) is 16.8. The minimum absolute atomic E-state index is 0.769. The molecule has 0 spiro atoms. The Kier molecular flexibility index (Phi) is 4.26. The molecule has 0 aliphatic rings. The summed E-state index contributed by atoms with van der Waals surface area (Å²) in [6.45, 7) is 0. The topological polar surface area (TPSA) is 0 Å². The van der Waals surface area contributed by atoms with Crippen molar-refractivity contribution in [1.82, 2.24) is 0 Å². The molecule has 146 valence electrons. The molecule has 0 radical (unpaired) electrons. The van der Waals surface area contributed by atoms with Crippen molar-refractivity contribution in [3.63, 3.8) is 0 Å². The predicted octanol–water partition coefficient (Wildman–Crippen LogP) is 9.13. The van der Waals surface area contributed by atoms with Crippen LogP contribution in [0.3, 0.4) is 0 Å². The Balaban J connectivity index is 1.55. The van der Waals surface area contributed by atoms with E-state index in [9.17, 15) is 0 Å². The fourth-order valence-electron chi connectivity index (χ4n) is 4.56. The zero-order chi connectivity index (χ0) is 20.8. The maximum absolute atomic E-state index is 6.15. The lowest BCUT2D eigenvalue weighted by Gasteiger charge is -2.12. The van der Waals surface area contributed by atoms with Crippen LogP contribution in [-0.4, -0.2) is 0 Å². The summed E-state index contributed by atoms with van der Waals surface area (Å²) in [7, 11) is 0. The molecule has 31 heavy (non-hydrogen) atoms. The number of hydrogen-bond donors (Lipinski definition) is 0. The van der Waals surface area contributed by atoms with E-state index in [0.29, 0.717) is 0 Å². The van der Waals surface area contributed by atoms with Crippen LogP contribution < -0.4 is 0 Å². The van der Waals surface area contributed by atoms with E-state index in [1.165, 1.54) is 49.2 Å². The first kappa shape index (κ1) is 18.2. The third-order valence-electron chi connectivity index (χ3n) is 6.08. The van der Waals surface area contributed by atoms with Gasteiger partial charge in [-0.25, -0.2) is 0 Å². The van der Waals surface area contributed by atoms with Gasteiger partial charge in [-0.05, 0) is 84.9 Å². The Hall–Kier alpha value is -3.61. The summed E-state index contributed by atoms with van der Waals surface area (Å²) in [5, 5.41) is 8.27. The highest BCUT2D eigenvalue weighted by Gasteiger charge is 2.09. The minimum atomic E-state index is 0.769. The monoisotopic (exact) mass is 414 g/mol. The van der Waals surface area contributed by atoms with Crippen molar-refractivity contribution in [3.05, 3.63) is 120 Å². The van der Waals surface area contributed by atoms with Crippen molar-refractivity contribution in [2.75, 3.05) is 0 Å². The second-order valence-corrected chi connectivity index (χ2v) is 8.41. The largest absolute Gasteiger partial charge is 0.0843 e. The second-order valence-electron chi connectivity index (χ2n) is 7.98. The van der Waals surface area contributed by atoms with E-state index in [4.69, 9.17) is 11.6 Å². The van der Waals surface area contributed by atoms with E-state index in [2.05, 4.69) is 103 Å². The first-order valence-corrected chi connectivity index (χ1v) is 10.8. The van der Waals surface area contributed by atoms with Crippen LogP contribution in [0.2, 0.25) is 5.02 Å². The number of benzene rings is 6. The van der Waals surface area contributed by atoms with Gasteiger partial charge in [0.1, 0.15) is 0 Å². The molecule has 0 fully saturated rings. The van der Waals surface area contributed by atoms with Gasteiger partial charge in [0.05, 0.1) is 0 Å². The first-order valence-electron chi connectivity index (χ1n) is 10.5. The Bertz CT molecular complexity index is 1590. The van der Waals surface area contributed by atoms with Crippen LogP contribution in [0.25, 0.3) is 54.6 Å². The molecule has 0 nitrogen and oxygen atoms in total.